The second-order valence-electron chi connectivity index (χ2n) is 4.47. The van der Waals surface area contributed by atoms with Crippen molar-refractivity contribution >= 4 is 29.2 Å². The summed E-state index contributed by atoms with van der Waals surface area (Å²) in [6, 6.07) is 15.8. The topological polar surface area (TPSA) is 18.5 Å². The Balaban J connectivity index is 1.57. The first-order valence-electron chi connectivity index (χ1n) is 6.48. The highest BCUT2D eigenvalue weighted by Gasteiger charge is 1.95. The van der Waals surface area contributed by atoms with Crippen LogP contribution in [0.15, 0.2) is 53.0 Å². The van der Waals surface area contributed by atoms with Gasteiger partial charge in [-0.25, -0.2) is 0 Å². The van der Waals surface area contributed by atoms with E-state index in [4.69, 9.17) is 17.3 Å². The van der Waals surface area contributed by atoms with Crippen LogP contribution in [0.4, 0.5) is 0 Å². The van der Waals surface area contributed by atoms with Crippen molar-refractivity contribution in [2.45, 2.75) is 13.2 Å². The van der Waals surface area contributed by atoms with E-state index in [9.17, 15) is 0 Å². The van der Waals surface area contributed by atoms with Crippen LogP contribution in [0.3, 0.4) is 0 Å². The SMILES string of the molecule is [B]c1ccc(COCCOCc2ccc(Br)cc2)cc1. The zero-order chi connectivity index (χ0) is 14.2. The lowest BCUT2D eigenvalue weighted by Crippen LogP contribution is -2.05. The fraction of sp³-hybridized carbons (Fsp3) is 0.250. The van der Waals surface area contributed by atoms with E-state index in [1.807, 2.05) is 48.5 Å². The average Bonchev–Trinajstić information content (AvgIpc) is 2.46. The molecule has 2 nitrogen and oxygen atoms in total. The molecule has 0 amide bonds. The van der Waals surface area contributed by atoms with Crippen LogP contribution in [0, 0.1) is 0 Å². The van der Waals surface area contributed by atoms with Crippen molar-refractivity contribution in [3.05, 3.63) is 64.1 Å². The van der Waals surface area contributed by atoms with Crippen molar-refractivity contribution in [1.29, 1.82) is 0 Å². The number of hydrogen-bond acceptors (Lipinski definition) is 2. The average molecular weight is 331 g/mol. The zero-order valence-electron chi connectivity index (χ0n) is 11.2. The largest absolute Gasteiger partial charge is 0.374 e. The van der Waals surface area contributed by atoms with Crippen molar-refractivity contribution in [3.63, 3.8) is 0 Å². The van der Waals surface area contributed by atoms with Crippen LogP contribution in [0.1, 0.15) is 11.1 Å². The lowest BCUT2D eigenvalue weighted by Gasteiger charge is -2.06. The Morgan fingerprint density at radius 2 is 1.20 bits per heavy atom. The quantitative estimate of drug-likeness (QED) is 0.574. The maximum Gasteiger partial charge on any atom is 0.113 e. The Morgan fingerprint density at radius 1 is 0.750 bits per heavy atom. The van der Waals surface area contributed by atoms with Gasteiger partial charge in [-0.2, -0.15) is 0 Å². The van der Waals surface area contributed by atoms with Crippen LogP contribution in [0.25, 0.3) is 0 Å². The van der Waals surface area contributed by atoms with E-state index in [-0.39, 0.29) is 0 Å². The smallest absolute Gasteiger partial charge is 0.113 e. The number of benzene rings is 2. The minimum Gasteiger partial charge on any atom is -0.374 e. The third kappa shape index (κ3) is 5.49. The van der Waals surface area contributed by atoms with Gasteiger partial charge < -0.3 is 9.47 Å². The van der Waals surface area contributed by atoms with Crippen molar-refractivity contribution in [2.24, 2.45) is 0 Å². The highest BCUT2D eigenvalue weighted by molar-refractivity contribution is 9.10. The van der Waals surface area contributed by atoms with Crippen molar-refractivity contribution in [3.8, 4) is 0 Å². The van der Waals surface area contributed by atoms with Gasteiger partial charge in [0.15, 0.2) is 0 Å². The van der Waals surface area contributed by atoms with E-state index in [1.54, 1.807) is 0 Å². The van der Waals surface area contributed by atoms with E-state index >= 15 is 0 Å². The molecule has 0 aliphatic carbocycles. The molecule has 0 saturated heterocycles. The molecule has 0 aliphatic rings. The molecule has 0 spiro atoms. The van der Waals surface area contributed by atoms with Gasteiger partial charge in [0.25, 0.3) is 0 Å². The Morgan fingerprint density at radius 3 is 1.70 bits per heavy atom. The monoisotopic (exact) mass is 330 g/mol. The van der Waals surface area contributed by atoms with Crippen molar-refractivity contribution in [2.75, 3.05) is 13.2 Å². The lowest BCUT2D eigenvalue weighted by molar-refractivity contribution is 0.0339. The van der Waals surface area contributed by atoms with Crippen LogP contribution in [0.5, 0.6) is 0 Å². The molecule has 20 heavy (non-hydrogen) atoms. The van der Waals surface area contributed by atoms with E-state index in [0.717, 1.165) is 21.1 Å². The molecule has 2 radical (unpaired) electrons. The minimum atomic E-state index is 0.584. The summed E-state index contributed by atoms with van der Waals surface area (Å²) in [5.74, 6) is 0. The second-order valence-corrected chi connectivity index (χ2v) is 5.39. The molecule has 0 saturated carbocycles. The first kappa shape index (κ1) is 15.3. The first-order chi connectivity index (χ1) is 9.74. The third-order valence-corrected chi connectivity index (χ3v) is 3.33. The highest BCUT2D eigenvalue weighted by Crippen LogP contribution is 2.11. The van der Waals surface area contributed by atoms with Gasteiger partial charge in [-0.15, -0.1) is 0 Å². The lowest BCUT2D eigenvalue weighted by atomic mass is 9.95. The molecular weight excluding hydrogens is 315 g/mol. The summed E-state index contributed by atoms with van der Waals surface area (Å²) >= 11 is 3.41. The predicted octanol–water partition coefficient (Wildman–Crippen LogP) is 2.98. The molecule has 0 N–H and O–H groups in total. The summed E-state index contributed by atoms with van der Waals surface area (Å²) in [6.45, 7) is 2.37. The van der Waals surface area contributed by atoms with Crippen LogP contribution < -0.4 is 5.46 Å². The molecule has 0 heterocycles. The molecule has 4 heteroatoms. The first-order valence-corrected chi connectivity index (χ1v) is 7.28. The summed E-state index contributed by atoms with van der Waals surface area (Å²) in [7, 11) is 5.62. The van der Waals surface area contributed by atoms with E-state index in [2.05, 4.69) is 15.9 Å². The van der Waals surface area contributed by atoms with Crippen LogP contribution in [-0.2, 0) is 22.7 Å². The fourth-order valence-electron chi connectivity index (χ4n) is 1.69. The van der Waals surface area contributed by atoms with Gasteiger partial charge in [0.1, 0.15) is 7.85 Å². The summed E-state index contributed by atoms with van der Waals surface area (Å²) in [4.78, 5) is 0. The van der Waals surface area contributed by atoms with Gasteiger partial charge in [-0.05, 0) is 23.3 Å². The Hall–Kier alpha value is -1.10. The molecule has 0 atom stereocenters. The van der Waals surface area contributed by atoms with Gasteiger partial charge in [0, 0.05) is 4.47 Å². The van der Waals surface area contributed by atoms with Crippen LogP contribution in [-0.4, -0.2) is 21.1 Å². The van der Waals surface area contributed by atoms with Gasteiger partial charge >= 0.3 is 0 Å². The Labute approximate surface area is 129 Å². The summed E-state index contributed by atoms with van der Waals surface area (Å²) < 4.78 is 12.2. The minimum absolute atomic E-state index is 0.584. The maximum absolute atomic E-state index is 5.62. The number of ether oxygens (including phenoxy) is 2. The number of hydrogen-bond donors (Lipinski definition) is 0. The Bertz CT molecular complexity index is 462. The molecule has 102 valence electrons. The molecule has 2 rings (SSSR count). The Kier molecular flexibility index (Phi) is 6.31. The molecule has 0 bridgehead atoms. The van der Waals surface area contributed by atoms with E-state index in [1.165, 1.54) is 0 Å². The predicted molar refractivity (Wildman–Crippen MR) is 85.3 cm³/mol. The van der Waals surface area contributed by atoms with E-state index in [0.29, 0.717) is 26.4 Å². The van der Waals surface area contributed by atoms with Crippen LogP contribution >= 0.6 is 15.9 Å². The molecule has 0 fully saturated rings. The van der Waals surface area contributed by atoms with E-state index < -0.39 is 0 Å². The molecule has 0 aromatic heterocycles. The fourth-order valence-corrected chi connectivity index (χ4v) is 1.96. The number of halogens is 1. The maximum atomic E-state index is 5.62. The van der Waals surface area contributed by atoms with Gasteiger partial charge in [0.05, 0.1) is 26.4 Å². The number of rotatable bonds is 7. The van der Waals surface area contributed by atoms with Gasteiger partial charge in [-0.1, -0.05) is 57.8 Å². The van der Waals surface area contributed by atoms with Crippen LogP contribution in [0.2, 0.25) is 0 Å². The molecule has 0 unspecified atom stereocenters. The second kappa shape index (κ2) is 8.25. The van der Waals surface area contributed by atoms with Crippen molar-refractivity contribution < 1.29 is 9.47 Å². The molecule has 2 aromatic carbocycles. The zero-order valence-corrected chi connectivity index (χ0v) is 12.8. The normalized spacial score (nSPS) is 10.7. The van der Waals surface area contributed by atoms with Gasteiger partial charge in [0.2, 0.25) is 0 Å². The van der Waals surface area contributed by atoms with Crippen molar-refractivity contribution in [1.82, 2.24) is 0 Å². The summed E-state index contributed by atoms with van der Waals surface area (Å²) in [5, 5.41) is 0. The third-order valence-electron chi connectivity index (χ3n) is 2.80. The summed E-state index contributed by atoms with van der Waals surface area (Å²) in [5.41, 5.74) is 3.05. The highest BCUT2D eigenvalue weighted by atomic mass is 79.9. The molecule has 0 aliphatic heterocycles. The molecular formula is C16H16BBrO2. The summed E-state index contributed by atoms with van der Waals surface area (Å²) in [6.07, 6.45) is 0. The van der Waals surface area contributed by atoms with Gasteiger partial charge in [-0.3, -0.25) is 0 Å². The standard InChI is InChI=1S/C16H16BBrO2/c17-15-5-1-13(2-6-15)11-19-9-10-20-12-14-3-7-16(18)8-4-14/h1-8H,9-12H2. The molecule has 2 aromatic rings.